The molecule has 2 N–H and O–H groups in total. The summed E-state index contributed by atoms with van der Waals surface area (Å²) in [6, 6.07) is -0.702. The lowest BCUT2D eigenvalue weighted by molar-refractivity contribution is -0.137. The molecule has 80 valence electrons. The Morgan fingerprint density at radius 1 is 1.57 bits per heavy atom. The van der Waals surface area contributed by atoms with Gasteiger partial charge in [-0.2, -0.15) is 0 Å². The first-order valence-corrected chi connectivity index (χ1v) is 5.01. The molecule has 1 heterocycles. The number of ketones is 1. The van der Waals surface area contributed by atoms with E-state index in [1.165, 1.54) is 6.92 Å². The number of hydrogen-bond acceptors (Lipinski definition) is 3. The van der Waals surface area contributed by atoms with Gasteiger partial charge in [-0.25, -0.2) is 0 Å². The molecular weight excluding hydrogens is 180 g/mol. The van der Waals surface area contributed by atoms with E-state index in [2.05, 4.69) is 0 Å². The fourth-order valence-electron chi connectivity index (χ4n) is 2.05. The van der Waals surface area contributed by atoms with Gasteiger partial charge in [-0.1, -0.05) is 13.8 Å². The summed E-state index contributed by atoms with van der Waals surface area (Å²) in [5, 5.41) is 0. The molecule has 0 radical (unpaired) electrons. The molecule has 0 aromatic heterocycles. The number of hydrogen-bond donors (Lipinski definition) is 1. The largest absolute Gasteiger partial charge is 0.331 e. The SMILES string of the molecule is CC(=O)C(C(C)C)N1CCC(N)C1=O. The van der Waals surface area contributed by atoms with Crippen molar-refractivity contribution in [3.05, 3.63) is 0 Å². The average Bonchev–Trinajstić information content (AvgIpc) is 2.35. The molecule has 1 fully saturated rings. The van der Waals surface area contributed by atoms with Crippen LogP contribution in [0.4, 0.5) is 0 Å². The predicted octanol–water partition coefficient (Wildman–Crippen LogP) is 0.160. The van der Waals surface area contributed by atoms with Gasteiger partial charge in [0.05, 0.1) is 12.1 Å². The summed E-state index contributed by atoms with van der Waals surface area (Å²) >= 11 is 0. The lowest BCUT2D eigenvalue weighted by Crippen LogP contribution is -2.47. The van der Waals surface area contributed by atoms with Gasteiger partial charge < -0.3 is 10.6 Å². The van der Waals surface area contributed by atoms with Gasteiger partial charge in [-0.05, 0) is 19.3 Å². The first-order valence-electron chi connectivity index (χ1n) is 5.01. The number of nitrogens with two attached hydrogens (primary N) is 1. The van der Waals surface area contributed by atoms with Crippen molar-refractivity contribution in [3.63, 3.8) is 0 Å². The number of Topliss-reactive ketones (excluding diaryl/α,β-unsaturated/α-hetero) is 1. The Morgan fingerprint density at radius 3 is 2.43 bits per heavy atom. The van der Waals surface area contributed by atoms with E-state index in [1.807, 2.05) is 13.8 Å². The highest BCUT2D eigenvalue weighted by Gasteiger charge is 2.36. The second-order valence-electron chi connectivity index (χ2n) is 4.23. The molecule has 14 heavy (non-hydrogen) atoms. The van der Waals surface area contributed by atoms with Crippen LogP contribution < -0.4 is 5.73 Å². The lowest BCUT2D eigenvalue weighted by Gasteiger charge is -2.28. The van der Waals surface area contributed by atoms with Gasteiger partial charge in [0.15, 0.2) is 5.78 Å². The second-order valence-corrected chi connectivity index (χ2v) is 4.23. The third-order valence-electron chi connectivity index (χ3n) is 2.67. The Kier molecular flexibility index (Phi) is 3.26. The van der Waals surface area contributed by atoms with Gasteiger partial charge in [0, 0.05) is 6.54 Å². The molecular formula is C10H18N2O2. The van der Waals surface area contributed by atoms with E-state index in [1.54, 1.807) is 4.90 Å². The molecule has 2 unspecified atom stereocenters. The lowest BCUT2D eigenvalue weighted by atomic mass is 9.99. The predicted molar refractivity (Wildman–Crippen MR) is 53.6 cm³/mol. The fourth-order valence-corrected chi connectivity index (χ4v) is 2.05. The molecule has 1 aliphatic rings. The van der Waals surface area contributed by atoms with Crippen LogP contribution in [-0.2, 0) is 9.59 Å². The van der Waals surface area contributed by atoms with Crippen molar-refractivity contribution >= 4 is 11.7 Å². The van der Waals surface area contributed by atoms with Gasteiger partial charge in [0.1, 0.15) is 0 Å². The molecule has 4 nitrogen and oxygen atoms in total. The molecule has 0 bridgehead atoms. The van der Waals surface area contributed by atoms with Crippen molar-refractivity contribution in [2.45, 2.75) is 39.3 Å². The van der Waals surface area contributed by atoms with Crippen LogP contribution in [0.2, 0.25) is 0 Å². The highest BCUT2D eigenvalue weighted by Crippen LogP contribution is 2.19. The molecule has 1 aliphatic heterocycles. The van der Waals surface area contributed by atoms with Gasteiger partial charge in [-0.15, -0.1) is 0 Å². The van der Waals surface area contributed by atoms with Gasteiger partial charge >= 0.3 is 0 Å². The van der Waals surface area contributed by atoms with Crippen molar-refractivity contribution in [1.82, 2.24) is 4.90 Å². The maximum atomic E-state index is 11.6. The summed E-state index contributed by atoms with van der Waals surface area (Å²) in [7, 11) is 0. The number of carbonyl (C=O) groups excluding carboxylic acids is 2. The van der Waals surface area contributed by atoms with Crippen LogP contribution in [0.5, 0.6) is 0 Å². The number of rotatable bonds is 3. The topological polar surface area (TPSA) is 63.4 Å². The van der Waals surface area contributed by atoms with Crippen LogP contribution in [0.3, 0.4) is 0 Å². The van der Waals surface area contributed by atoms with Crippen molar-refractivity contribution in [2.24, 2.45) is 11.7 Å². The summed E-state index contributed by atoms with van der Waals surface area (Å²) in [6.45, 7) is 6.04. The van der Waals surface area contributed by atoms with Crippen LogP contribution >= 0.6 is 0 Å². The van der Waals surface area contributed by atoms with Crippen molar-refractivity contribution in [2.75, 3.05) is 6.54 Å². The van der Waals surface area contributed by atoms with E-state index in [4.69, 9.17) is 5.73 Å². The van der Waals surface area contributed by atoms with Crippen molar-refractivity contribution in [1.29, 1.82) is 0 Å². The first kappa shape index (κ1) is 11.2. The Hall–Kier alpha value is -0.900. The van der Waals surface area contributed by atoms with Crippen molar-refractivity contribution < 1.29 is 9.59 Å². The van der Waals surface area contributed by atoms with E-state index in [0.29, 0.717) is 13.0 Å². The molecule has 1 amide bonds. The molecule has 4 heteroatoms. The number of likely N-dealkylation sites (tertiary alicyclic amines) is 1. The normalized spacial score (nSPS) is 24.5. The highest BCUT2D eigenvalue weighted by atomic mass is 16.2. The monoisotopic (exact) mass is 198 g/mol. The minimum Gasteiger partial charge on any atom is -0.331 e. The summed E-state index contributed by atoms with van der Waals surface area (Å²) < 4.78 is 0. The fraction of sp³-hybridized carbons (Fsp3) is 0.800. The highest BCUT2D eigenvalue weighted by molar-refractivity contribution is 5.91. The van der Waals surface area contributed by atoms with Crippen LogP contribution in [0.25, 0.3) is 0 Å². The van der Waals surface area contributed by atoms with Crippen LogP contribution in [0.1, 0.15) is 27.2 Å². The third kappa shape index (κ3) is 1.95. The molecule has 1 rings (SSSR count). The zero-order chi connectivity index (χ0) is 10.9. The standard InChI is InChI=1S/C10H18N2O2/c1-6(2)9(7(3)13)12-5-4-8(11)10(12)14/h6,8-9H,4-5,11H2,1-3H3. The van der Waals surface area contributed by atoms with Gasteiger partial charge in [0.2, 0.25) is 5.91 Å². The molecule has 0 aliphatic carbocycles. The van der Waals surface area contributed by atoms with Crippen LogP contribution in [0.15, 0.2) is 0 Å². The summed E-state index contributed by atoms with van der Waals surface area (Å²) in [5.41, 5.74) is 5.60. The quantitative estimate of drug-likeness (QED) is 0.702. The van der Waals surface area contributed by atoms with Crippen molar-refractivity contribution in [3.8, 4) is 0 Å². The zero-order valence-electron chi connectivity index (χ0n) is 8.99. The van der Waals surface area contributed by atoms with Gasteiger partial charge in [0.25, 0.3) is 0 Å². The number of carbonyl (C=O) groups is 2. The maximum absolute atomic E-state index is 11.6. The number of nitrogens with zero attached hydrogens (tertiary/aromatic N) is 1. The Labute approximate surface area is 84.4 Å². The zero-order valence-corrected chi connectivity index (χ0v) is 8.99. The molecule has 0 spiro atoms. The van der Waals surface area contributed by atoms with Gasteiger partial charge in [-0.3, -0.25) is 9.59 Å². The molecule has 0 saturated carbocycles. The summed E-state index contributed by atoms with van der Waals surface area (Å²) in [5.74, 6) is 0.114. The Morgan fingerprint density at radius 2 is 2.14 bits per heavy atom. The van der Waals surface area contributed by atoms with E-state index >= 15 is 0 Å². The van der Waals surface area contributed by atoms with Crippen LogP contribution in [-0.4, -0.2) is 35.2 Å². The maximum Gasteiger partial charge on any atom is 0.240 e. The van der Waals surface area contributed by atoms with Crippen LogP contribution in [0, 0.1) is 5.92 Å². The smallest absolute Gasteiger partial charge is 0.240 e. The minimum absolute atomic E-state index is 0.0439. The first-order chi connectivity index (χ1) is 6.45. The molecule has 1 saturated heterocycles. The molecule has 2 atom stereocenters. The minimum atomic E-state index is -0.407. The van der Waals surface area contributed by atoms with E-state index in [0.717, 1.165) is 0 Å². The Bertz CT molecular complexity index is 251. The third-order valence-corrected chi connectivity index (χ3v) is 2.67. The molecule has 0 aromatic carbocycles. The second kappa shape index (κ2) is 4.09. The summed E-state index contributed by atoms with van der Waals surface area (Å²) in [4.78, 5) is 24.6. The number of amides is 1. The van der Waals surface area contributed by atoms with E-state index < -0.39 is 6.04 Å². The average molecular weight is 198 g/mol. The van der Waals surface area contributed by atoms with E-state index in [9.17, 15) is 9.59 Å². The Balaban J connectivity index is 2.80. The summed E-state index contributed by atoms with van der Waals surface area (Å²) in [6.07, 6.45) is 0.662. The van der Waals surface area contributed by atoms with E-state index in [-0.39, 0.29) is 23.7 Å². The molecule has 0 aromatic rings.